The number of rotatable bonds is 5. The van der Waals surface area contributed by atoms with Crippen LogP contribution in [0.15, 0.2) is 17.1 Å². The maximum absolute atomic E-state index is 10.8. The molecule has 0 aromatic heterocycles. The lowest BCUT2D eigenvalue weighted by molar-refractivity contribution is 0.314. The normalized spacial score (nSPS) is 16.4. The van der Waals surface area contributed by atoms with Gasteiger partial charge in [-0.05, 0) is 25.0 Å². The fraction of sp³-hybridized carbons (Fsp3) is 0.533. The number of hydrogen-bond acceptors (Lipinski definition) is 5. The molecule has 5 nitrogen and oxygen atoms in total. The van der Waals surface area contributed by atoms with Gasteiger partial charge in [0.1, 0.15) is 5.54 Å². The van der Waals surface area contributed by atoms with Crippen molar-refractivity contribution in [2.45, 2.75) is 31.2 Å². The van der Waals surface area contributed by atoms with E-state index in [0.29, 0.717) is 17.2 Å². The van der Waals surface area contributed by atoms with Gasteiger partial charge >= 0.3 is 0 Å². The molecular weight excluding hydrogens is 258 g/mol. The summed E-state index contributed by atoms with van der Waals surface area (Å²) in [4.78, 5) is 14.9. The minimum absolute atomic E-state index is 0.528. The van der Waals surface area contributed by atoms with Crippen molar-refractivity contribution >= 4 is 6.08 Å². The molecule has 1 aliphatic rings. The van der Waals surface area contributed by atoms with Crippen LogP contribution in [0.1, 0.15) is 31.2 Å². The molecule has 20 heavy (non-hydrogen) atoms. The lowest BCUT2D eigenvalue weighted by atomic mass is 9.87. The maximum atomic E-state index is 10.8. The Kier molecular flexibility index (Phi) is 4.30. The predicted octanol–water partition coefficient (Wildman–Crippen LogP) is 2.82. The van der Waals surface area contributed by atoms with Crippen LogP contribution in [0.25, 0.3) is 0 Å². The summed E-state index contributed by atoms with van der Waals surface area (Å²) in [7, 11) is 4.72. The minimum atomic E-state index is -0.549. The standard InChI is InChI=1S/C15H19NO4/c1-18-12-7-6-11(13(19-2)14(12)20-3)15(16-10-17)8-4-5-9-15/h6-7H,4-5,8-9H2,1-3H3. The maximum Gasteiger partial charge on any atom is 0.235 e. The summed E-state index contributed by atoms with van der Waals surface area (Å²) in [5.74, 6) is 1.70. The highest BCUT2D eigenvalue weighted by Crippen LogP contribution is 2.50. The Morgan fingerprint density at radius 1 is 1.05 bits per heavy atom. The summed E-state index contributed by atoms with van der Waals surface area (Å²) in [6.45, 7) is 0. The first-order valence-electron chi connectivity index (χ1n) is 6.61. The Morgan fingerprint density at radius 3 is 2.20 bits per heavy atom. The zero-order chi connectivity index (χ0) is 14.6. The molecule has 2 rings (SSSR count). The van der Waals surface area contributed by atoms with Crippen molar-refractivity contribution in [3.05, 3.63) is 17.7 Å². The highest BCUT2D eigenvalue weighted by atomic mass is 16.5. The molecule has 1 aliphatic carbocycles. The third-order valence-corrected chi connectivity index (χ3v) is 3.90. The zero-order valence-electron chi connectivity index (χ0n) is 12.1. The monoisotopic (exact) mass is 277 g/mol. The molecule has 0 amide bonds. The minimum Gasteiger partial charge on any atom is -0.493 e. The second kappa shape index (κ2) is 5.97. The first kappa shape index (κ1) is 14.4. The van der Waals surface area contributed by atoms with Gasteiger partial charge < -0.3 is 14.2 Å². The highest BCUT2D eigenvalue weighted by molar-refractivity contribution is 5.58. The van der Waals surface area contributed by atoms with E-state index in [4.69, 9.17) is 14.2 Å². The molecule has 0 spiro atoms. The molecule has 0 heterocycles. The van der Waals surface area contributed by atoms with Gasteiger partial charge in [-0.2, -0.15) is 4.99 Å². The number of hydrogen-bond donors (Lipinski definition) is 0. The average Bonchev–Trinajstić information content (AvgIpc) is 2.95. The van der Waals surface area contributed by atoms with Gasteiger partial charge in [0.2, 0.25) is 11.8 Å². The van der Waals surface area contributed by atoms with Gasteiger partial charge in [-0.25, -0.2) is 4.79 Å². The molecule has 1 aromatic rings. The van der Waals surface area contributed by atoms with Crippen molar-refractivity contribution in [3.8, 4) is 17.2 Å². The van der Waals surface area contributed by atoms with Crippen LogP contribution in [0.4, 0.5) is 0 Å². The van der Waals surface area contributed by atoms with Gasteiger partial charge in [0.15, 0.2) is 11.5 Å². The van der Waals surface area contributed by atoms with Crippen molar-refractivity contribution in [1.82, 2.24) is 0 Å². The van der Waals surface area contributed by atoms with Gasteiger partial charge in [0, 0.05) is 5.56 Å². The topological polar surface area (TPSA) is 57.1 Å². The van der Waals surface area contributed by atoms with Crippen LogP contribution < -0.4 is 14.2 Å². The molecule has 1 fully saturated rings. The lowest BCUT2D eigenvalue weighted by Gasteiger charge is -2.26. The highest BCUT2D eigenvalue weighted by Gasteiger charge is 2.39. The van der Waals surface area contributed by atoms with Crippen molar-refractivity contribution in [1.29, 1.82) is 0 Å². The number of benzene rings is 1. The number of nitrogens with zero attached hydrogens (tertiary/aromatic N) is 1. The number of ether oxygens (including phenoxy) is 3. The molecule has 1 saturated carbocycles. The van der Waals surface area contributed by atoms with E-state index in [-0.39, 0.29) is 0 Å². The summed E-state index contributed by atoms with van der Waals surface area (Å²) in [6, 6.07) is 3.71. The molecule has 0 radical (unpaired) electrons. The number of methoxy groups -OCH3 is 3. The fourth-order valence-electron chi connectivity index (χ4n) is 2.96. The molecule has 0 atom stereocenters. The second-order valence-corrected chi connectivity index (χ2v) is 4.82. The first-order valence-corrected chi connectivity index (χ1v) is 6.61. The van der Waals surface area contributed by atoms with Crippen molar-refractivity contribution in [3.63, 3.8) is 0 Å². The van der Waals surface area contributed by atoms with E-state index in [0.717, 1.165) is 31.2 Å². The van der Waals surface area contributed by atoms with E-state index in [2.05, 4.69) is 4.99 Å². The third kappa shape index (κ3) is 2.25. The van der Waals surface area contributed by atoms with Crippen molar-refractivity contribution < 1.29 is 19.0 Å². The Balaban J connectivity index is 2.64. The second-order valence-electron chi connectivity index (χ2n) is 4.82. The van der Waals surface area contributed by atoms with Crippen LogP contribution in [0.2, 0.25) is 0 Å². The third-order valence-electron chi connectivity index (χ3n) is 3.90. The smallest absolute Gasteiger partial charge is 0.235 e. The van der Waals surface area contributed by atoms with Crippen LogP contribution in [0.3, 0.4) is 0 Å². The van der Waals surface area contributed by atoms with Gasteiger partial charge in [-0.3, -0.25) is 0 Å². The van der Waals surface area contributed by atoms with Gasteiger partial charge in [0.05, 0.1) is 21.3 Å². The largest absolute Gasteiger partial charge is 0.493 e. The summed E-state index contributed by atoms with van der Waals surface area (Å²) in [6.07, 6.45) is 5.40. The molecule has 5 heteroatoms. The van der Waals surface area contributed by atoms with Crippen LogP contribution in [-0.2, 0) is 10.3 Å². The fourth-order valence-corrected chi connectivity index (χ4v) is 2.96. The van der Waals surface area contributed by atoms with Crippen LogP contribution in [0, 0.1) is 0 Å². The Hall–Kier alpha value is -2.00. The average molecular weight is 277 g/mol. The summed E-state index contributed by atoms with van der Waals surface area (Å²) >= 11 is 0. The van der Waals surface area contributed by atoms with Crippen molar-refractivity contribution in [2.75, 3.05) is 21.3 Å². The molecule has 0 saturated heterocycles. The predicted molar refractivity (Wildman–Crippen MR) is 74.4 cm³/mol. The Morgan fingerprint density at radius 2 is 1.70 bits per heavy atom. The van der Waals surface area contributed by atoms with Gasteiger partial charge in [0.25, 0.3) is 0 Å². The lowest BCUT2D eigenvalue weighted by Crippen LogP contribution is -2.20. The SMILES string of the molecule is COc1ccc(C2(N=C=O)CCCC2)c(OC)c1OC. The van der Waals surface area contributed by atoms with E-state index in [1.165, 1.54) is 0 Å². The molecule has 0 unspecified atom stereocenters. The zero-order valence-corrected chi connectivity index (χ0v) is 12.1. The van der Waals surface area contributed by atoms with E-state index in [9.17, 15) is 4.79 Å². The quantitative estimate of drug-likeness (QED) is 0.613. The van der Waals surface area contributed by atoms with Crippen molar-refractivity contribution in [2.24, 2.45) is 4.99 Å². The van der Waals surface area contributed by atoms with E-state index in [1.54, 1.807) is 27.4 Å². The van der Waals surface area contributed by atoms with Gasteiger partial charge in [-0.1, -0.05) is 12.8 Å². The van der Waals surface area contributed by atoms with Crippen LogP contribution in [0.5, 0.6) is 17.2 Å². The summed E-state index contributed by atoms with van der Waals surface area (Å²) in [5.41, 5.74) is 0.311. The summed E-state index contributed by atoms with van der Waals surface area (Å²) < 4.78 is 16.2. The van der Waals surface area contributed by atoms with Crippen LogP contribution in [-0.4, -0.2) is 27.4 Å². The molecular formula is C15H19NO4. The van der Waals surface area contributed by atoms with E-state index >= 15 is 0 Å². The Bertz CT molecular complexity index is 529. The van der Waals surface area contributed by atoms with E-state index in [1.807, 2.05) is 12.1 Å². The molecule has 1 aromatic carbocycles. The molecule has 0 N–H and O–H groups in total. The molecule has 0 bridgehead atoms. The van der Waals surface area contributed by atoms with Gasteiger partial charge in [-0.15, -0.1) is 0 Å². The number of aliphatic imine (C=N–C) groups is 1. The van der Waals surface area contributed by atoms with Crippen LogP contribution >= 0.6 is 0 Å². The van der Waals surface area contributed by atoms with E-state index < -0.39 is 5.54 Å². The summed E-state index contributed by atoms with van der Waals surface area (Å²) in [5, 5.41) is 0. The Labute approximate surface area is 118 Å². The molecule has 0 aliphatic heterocycles. The number of isocyanates is 1. The first-order chi connectivity index (χ1) is 9.72. The molecule has 108 valence electrons. The number of carbonyl (C=O) groups excluding carboxylic acids is 1.